The van der Waals surface area contributed by atoms with E-state index in [1.165, 1.54) is 19.3 Å². The Kier molecular flexibility index (Phi) is 5.69. The number of carbonyl (C=O) groups excluding carboxylic acids is 2. The molecule has 1 N–H and O–H groups in total. The number of nitrogens with one attached hydrogen (secondary N) is 1. The van der Waals surface area contributed by atoms with Crippen LogP contribution in [-0.4, -0.2) is 40.0 Å². The molecular weight excluding hydrogens is 438 g/mol. The van der Waals surface area contributed by atoms with Crippen LogP contribution in [0.3, 0.4) is 0 Å². The quantitative estimate of drug-likeness (QED) is 0.489. The molecule has 4 aliphatic carbocycles. The number of amides is 1. The van der Waals surface area contributed by atoms with Crippen molar-refractivity contribution < 1.29 is 18.7 Å². The lowest BCUT2D eigenvalue weighted by molar-refractivity contribution is -0.147. The number of halogens is 1. The van der Waals surface area contributed by atoms with E-state index in [9.17, 15) is 9.59 Å². The first-order chi connectivity index (χ1) is 15.0. The number of hydrogen-bond donors (Lipinski definition) is 1. The number of esters is 1. The van der Waals surface area contributed by atoms with Crippen molar-refractivity contribution in [2.45, 2.75) is 49.3 Å². The third kappa shape index (κ3) is 4.75. The summed E-state index contributed by atoms with van der Waals surface area (Å²) >= 11 is 6.96. The third-order valence-electron chi connectivity index (χ3n) is 6.62. The smallest absolute Gasteiger partial charge is 0.316 e. The minimum atomic E-state index is -0.489. The van der Waals surface area contributed by atoms with Gasteiger partial charge >= 0.3 is 5.97 Å². The maximum absolute atomic E-state index is 12.4. The molecule has 4 fully saturated rings. The molecule has 4 saturated carbocycles. The molecule has 1 aromatic carbocycles. The molecule has 1 amide bonds. The van der Waals surface area contributed by atoms with Gasteiger partial charge < -0.3 is 14.5 Å². The fourth-order valence-electron chi connectivity index (χ4n) is 5.88. The number of hydrogen-bond acceptors (Lipinski definition) is 7. The zero-order valence-electron chi connectivity index (χ0n) is 17.0. The Morgan fingerprint density at radius 1 is 1.10 bits per heavy atom. The van der Waals surface area contributed by atoms with Gasteiger partial charge in [0.2, 0.25) is 5.89 Å². The topological polar surface area (TPSA) is 94.3 Å². The SMILES string of the molecule is O=C(COC(=O)CSc1nnc(-c2ccc(Cl)cc2)o1)NC12CC3CC(CC(C3)C1)C2. The van der Waals surface area contributed by atoms with Gasteiger partial charge in [-0.05, 0) is 80.5 Å². The van der Waals surface area contributed by atoms with Gasteiger partial charge in [-0.1, -0.05) is 23.4 Å². The molecule has 0 unspecified atom stereocenters. The Labute approximate surface area is 189 Å². The molecule has 7 nitrogen and oxygen atoms in total. The van der Waals surface area contributed by atoms with Crippen molar-refractivity contribution in [3.05, 3.63) is 29.3 Å². The lowest BCUT2D eigenvalue weighted by Crippen LogP contribution is -2.60. The summed E-state index contributed by atoms with van der Waals surface area (Å²) in [5.41, 5.74) is 0.669. The summed E-state index contributed by atoms with van der Waals surface area (Å²) in [6.07, 6.45) is 7.16. The van der Waals surface area contributed by atoms with Crippen molar-refractivity contribution in [3.8, 4) is 11.5 Å². The van der Waals surface area contributed by atoms with Crippen LogP contribution in [0.15, 0.2) is 33.9 Å². The monoisotopic (exact) mass is 461 g/mol. The van der Waals surface area contributed by atoms with Crippen LogP contribution in [0.5, 0.6) is 0 Å². The number of benzene rings is 1. The first-order valence-corrected chi connectivity index (χ1v) is 12.0. The van der Waals surface area contributed by atoms with Crippen LogP contribution in [-0.2, 0) is 14.3 Å². The molecule has 31 heavy (non-hydrogen) atoms. The van der Waals surface area contributed by atoms with E-state index in [0.29, 0.717) is 10.9 Å². The van der Waals surface area contributed by atoms with Gasteiger partial charge in [0.15, 0.2) is 6.61 Å². The Morgan fingerprint density at radius 2 is 1.74 bits per heavy atom. The summed E-state index contributed by atoms with van der Waals surface area (Å²) in [6.45, 7) is -0.249. The molecule has 6 rings (SSSR count). The lowest BCUT2D eigenvalue weighted by Gasteiger charge is -2.56. The van der Waals surface area contributed by atoms with Crippen molar-refractivity contribution >= 4 is 35.2 Å². The number of rotatable bonds is 7. The van der Waals surface area contributed by atoms with Gasteiger partial charge in [-0.25, -0.2) is 0 Å². The van der Waals surface area contributed by atoms with E-state index in [-0.39, 0.29) is 29.0 Å². The van der Waals surface area contributed by atoms with Gasteiger partial charge in [0, 0.05) is 16.1 Å². The first kappa shape index (κ1) is 20.8. The highest BCUT2D eigenvalue weighted by Gasteiger charge is 2.51. The Hall–Kier alpha value is -2.06. The minimum Gasteiger partial charge on any atom is -0.455 e. The zero-order chi connectivity index (χ0) is 21.4. The van der Waals surface area contributed by atoms with E-state index < -0.39 is 5.97 Å². The molecule has 0 saturated heterocycles. The standard InChI is InChI=1S/C22H24ClN3O4S/c23-17-3-1-16(2-4-17)20-25-26-21(30-20)31-12-19(28)29-11-18(27)24-22-8-13-5-14(9-22)7-15(6-13)10-22/h1-4,13-15H,5-12H2,(H,24,27). The van der Waals surface area contributed by atoms with Crippen LogP contribution < -0.4 is 5.32 Å². The maximum atomic E-state index is 12.4. The fraction of sp³-hybridized carbons (Fsp3) is 0.545. The van der Waals surface area contributed by atoms with Gasteiger partial charge in [-0.3, -0.25) is 9.59 Å². The predicted molar refractivity (Wildman–Crippen MR) is 115 cm³/mol. The average molecular weight is 462 g/mol. The number of carbonyl (C=O) groups is 2. The fourth-order valence-corrected chi connectivity index (χ4v) is 6.57. The van der Waals surface area contributed by atoms with E-state index in [4.69, 9.17) is 20.8 Å². The van der Waals surface area contributed by atoms with Crippen LogP contribution in [0, 0.1) is 17.8 Å². The summed E-state index contributed by atoms with van der Waals surface area (Å²) < 4.78 is 10.7. The van der Waals surface area contributed by atoms with Gasteiger partial charge in [0.05, 0.1) is 0 Å². The van der Waals surface area contributed by atoms with Crippen molar-refractivity contribution in [1.82, 2.24) is 15.5 Å². The second kappa shape index (κ2) is 8.47. The van der Waals surface area contributed by atoms with Crippen LogP contribution in [0.4, 0.5) is 0 Å². The number of nitrogens with zero attached hydrogens (tertiary/aromatic N) is 2. The molecular formula is C22H24ClN3O4S. The lowest BCUT2D eigenvalue weighted by atomic mass is 9.53. The normalized spacial score (nSPS) is 28.5. The molecule has 0 atom stereocenters. The van der Waals surface area contributed by atoms with E-state index in [2.05, 4.69) is 15.5 Å². The summed E-state index contributed by atoms with van der Waals surface area (Å²) in [5, 5.41) is 12.0. The Balaban J connectivity index is 1.07. The molecule has 1 aromatic heterocycles. The maximum Gasteiger partial charge on any atom is 0.316 e. The molecule has 2 aromatic rings. The summed E-state index contributed by atoms with van der Waals surface area (Å²) in [4.78, 5) is 24.5. The van der Waals surface area contributed by atoms with Gasteiger partial charge in [0.25, 0.3) is 11.1 Å². The molecule has 0 aliphatic heterocycles. The molecule has 0 radical (unpaired) electrons. The second-order valence-electron chi connectivity index (χ2n) is 9.08. The van der Waals surface area contributed by atoms with Crippen molar-refractivity contribution in [1.29, 1.82) is 0 Å². The molecule has 9 heteroatoms. The first-order valence-electron chi connectivity index (χ1n) is 10.7. The third-order valence-corrected chi connectivity index (χ3v) is 7.66. The molecule has 0 spiro atoms. The predicted octanol–water partition coefficient (Wildman–Crippen LogP) is 4.11. The average Bonchev–Trinajstić information content (AvgIpc) is 3.19. The van der Waals surface area contributed by atoms with Gasteiger partial charge in [0.1, 0.15) is 5.75 Å². The number of thioether (sulfide) groups is 1. The van der Waals surface area contributed by atoms with Crippen molar-refractivity contribution in [3.63, 3.8) is 0 Å². The molecule has 4 aliphatic rings. The second-order valence-corrected chi connectivity index (χ2v) is 10.4. The summed E-state index contributed by atoms with van der Waals surface area (Å²) in [6, 6.07) is 7.03. The summed E-state index contributed by atoms with van der Waals surface area (Å²) in [5.74, 6) is 1.89. The zero-order valence-corrected chi connectivity index (χ0v) is 18.6. The van der Waals surface area contributed by atoms with Crippen LogP contribution >= 0.6 is 23.4 Å². The summed E-state index contributed by atoms with van der Waals surface area (Å²) in [7, 11) is 0. The number of aromatic nitrogens is 2. The van der Waals surface area contributed by atoms with Crippen molar-refractivity contribution in [2.24, 2.45) is 17.8 Å². The van der Waals surface area contributed by atoms with Crippen LogP contribution in [0.1, 0.15) is 38.5 Å². The van der Waals surface area contributed by atoms with E-state index in [1.807, 2.05) is 0 Å². The molecule has 164 valence electrons. The van der Waals surface area contributed by atoms with E-state index >= 15 is 0 Å². The molecule has 4 bridgehead atoms. The largest absolute Gasteiger partial charge is 0.455 e. The minimum absolute atomic E-state index is 0.00705. The van der Waals surface area contributed by atoms with E-state index in [0.717, 1.165) is 54.3 Å². The van der Waals surface area contributed by atoms with Crippen LogP contribution in [0.25, 0.3) is 11.5 Å². The van der Waals surface area contributed by atoms with Gasteiger partial charge in [-0.2, -0.15) is 0 Å². The highest BCUT2D eigenvalue weighted by Crippen LogP contribution is 2.55. The Morgan fingerprint density at radius 3 is 2.39 bits per heavy atom. The van der Waals surface area contributed by atoms with Gasteiger partial charge in [-0.15, -0.1) is 10.2 Å². The van der Waals surface area contributed by atoms with Crippen molar-refractivity contribution in [2.75, 3.05) is 12.4 Å². The number of ether oxygens (including phenoxy) is 1. The van der Waals surface area contributed by atoms with E-state index in [1.54, 1.807) is 24.3 Å². The Bertz CT molecular complexity index is 942. The molecule has 1 heterocycles. The van der Waals surface area contributed by atoms with Crippen LogP contribution in [0.2, 0.25) is 5.02 Å². The highest BCUT2D eigenvalue weighted by atomic mass is 35.5. The highest BCUT2D eigenvalue weighted by molar-refractivity contribution is 7.99.